The molecule has 2 rings (SSSR count). The van der Waals surface area contributed by atoms with Crippen LogP contribution in [-0.2, 0) is 19.6 Å². The number of hydrogen-bond acceptors (Lipinski definition) is 4. The molecule has 1 N–H and O–H groups in total. The molecule has 1 unspecified atom stereocenters. The molecule has 0 aliphatic carbocycles. The average Bonchev–Trinajstić information content (AvgIpc) is 2.89. The number of nitrogens with one attached hydrogen (secondary N) is 1. The molecule has 1 fully saturated rings. The van der Waals surface area contributed by atoms with Crippen LogP contribution < -0.4 is 4.72 Å². The molecular weight excluding hydrogens is 302 g/mol. The molecule has 1 aliphatic rings. The molecule has 1 atom stereocenters. The third-order valence-electron chi connectivity index (χ3n) is 3.07. The zero-order valence-electron chi connectivity index (χ0n) is 10.8. The molecule has 1 heterocycles. The van der Waals surface area contributed by atoms with Gasteiger partial charge >= 0.3 is 0 Å². The summed E-state index contributed by atoms with van der Waals surface area (Å²) in [5, 5.41) is 0.305. The Kier molecular flexibility index (Phi) is 5.01. The van der Waals surface area contributed by atoms with Crippen molar-refractivity contribution in [2.24, 2.45) is 0 Å². The summed E-state index contributed by atoms with van der Waals surface area (Å²) >= 11 is 5.74. The highest BCUT2D eigenvalue weighted by Crippen LogP contribution is 2.18. The van der Waals surface area contributed by atoms with Crippen molar-refractivity contribution in [3.05, 3.63) is 29.3 Å². The Labute approximate surface area is 123 Å². The fourth-order valence-corrected chi connectivity index (χ4v) is 3.37. The number of hydrogen-bond donors (Lipinski definition) is 1. The minimum absolute atomic E-state index is 0.0181. The summed E-state index contributed by atoms with van der Waals surface area (Å²) in [6, 6.07) is 5.78. The van der Waals surface area contributed by atoms with E-state index < -0.39 is 15.9 Å². The summed E-state index contributed by atoms with van der Waals surface area (Å²) in [5.74, 6) is -0.527. The molecule has 0 aromatic heterocycles. The summed E-state index contributed by atoms with van der Waals surface area (Å²) < 4.78 is 31.4. The van der Waals surface area contributed by atoms with Gasteiger partial charge in [-0.3, -0.25) is 4.79 Å². The number of benzene rings is 1. The van der Waals surface area contributed by atoms with Crippen molar-refractivity contribution < 1.29 is 17.9 Å². The largest absolute Gasteiger partial charge is 0.378 e. The molecule has 0 radical (unpaired) electrons. The monoisotopic (exact) mass is 317 g/mol. The Morgan fingerprint density at radius 1 is 1.45 bits per heavy atom. The van der Waals surface area contributed by atoms with Crippen molar-refractivity contribution >= 4 is 27.5 Å². The maximum absolute atomic E-state index is 12.0. The third kappa shape index (κ3) is 4.19. The van der Waals surface area contributed by atoms with Gasteiger partial charge in [-0.15, -0.1) is 0 Å². The lowest BCUT2D eigenvalue weighted by Crippen LogP contribution is -2.31. The summed E-state index contributed by atoms with van der Waals surface area (Å²) in [6.45, 7) is 0.715. The number of halogens is 1. The van der Waals surface area contributed by atoms with Gasteiger partial charge in [-0.2, -0.15) is 0 Å². The maximum atomic E-state index is 12.0. The van der Waals surface area contributed by atoms with Crippen LogP contribution >= 0.6 is 11.6 Å². The predicted octanol–water partition coefficient (Wildman–Crippen LogP) is 2.10. The lowest BCUT2D eigenvalue weighted by Gasteiger charge is -2.10. The minimum atomic E-state index is -3.85. The van der Waals surface area contributed by atoms with Gasteiger partial charge in [0.1, 0.15) is 0 Å². The van der Waals surface area contributed by atoms with E-state index in [1.54, 1.807) is 6.07 Å². The second-order valence-electron chi connectivity index (χ2n) is 4.66. The highest BCUT2D eigenvalue weighted by Gasteiger charge is 2.20. The van der Waals surface area contributed by atoms with Crippen molar-refractivity contribution in [1.82, 2.24) is 4.72 Å². The van der Waals surface area contributed by atoms with Crippen molar-refractivity contribution in [1.29, 1.82) is 0 Å². The molecule has 7 heteroatoms. The number of rotatable bonds is 5. The fraction of sp³-hybridized carbons (Fsp3) is 0.462. The summed E-state index contributed by atoms with van der Waals surface area (Å²) in [5.41, 5.74) is 0. The van der Waals surface area contributed by atoms with Crippen LogP contribution in [0.5, 0.6) is 0 Å². The molecule has 1 aromatic rings. The first kappa shape index (κ1) is 15.3. The van der Waals surface area contributed by atoms with E-state index in [1.807, 2.05) is 4.72 Å². The molecule has 0 saturated carbocycles. The van der Waals surface area contributed by atoms with Crippen molar-refractivity contribution in [2.75, 3.05) is 6.61 Å². The van der Waals surface area contributed by atoms with Crippen LogP contribution in [-0.4, -0.2) is 27.0 Å². The van der Waals surface area contributed by atoms with E-state index in [1.165, 1.54) is 18.2 Å². The Balaban J connectivity index is 1.92. The molecule has 1 amide bonds. The molecule has 0 bridgehead atoms. The quantitative estimate of drug-likeness (QED) is 0.902. The first-order valence-electron chi connectivity index (χ1n) is 6.40. The van der Waals surface area contributed by atoms with Crippen LogP contribution in [0.1, 0.15) is 25.7 Å². The average molecular weight is 318 g/mol. The number of carbonyl (C=O) groups is 1. The number of amides is 1. The third-order valence-corrected chi connectivity index (χ3v) is 4.68. The van der Waals surface area contributed by atoms with E-state index >= 15 is 0 Å². The maximum Gasteiger partial charge on any atom is 0.264 e. The highest BCUT2D eigenvalue weighted by atomic mass is 35.5. The Bertz CT molecular complexity index is 582. The lowest BCUT2D eigenvalue weighted by atomic mass is 10.1. The topological polar surface area (TPSA) is 72.5 Å². The van der Waals surface area contributed by atoms with E-state index in [0.29, 0.717) is 18.1 Å². The summed E-state index contributed by atoms with van der Waals surface area (Å²) in [6.07, 6.45) is 2.65. The standard InChI is InChI=1S/C13H16ClNO4S/c14-10-3-1-5-12(9-10)20(17,18)15-13(16)7-6-11-4-2-8-19-11/h1,3,5,9,11H,2,4,6-8H2,(H,15,16). The van der Waals surface area contributed by atoms with E-state index in [0.717, 1.165) is 12.8 Å². The SMILES string of the molecule is O=C(CCC1CCCO1)NS(=O)(=O)c1cccc(Cl)c1. The number of sulfonamides is 1. The van der Waals surface area contributed by atoms with E-state index in [4.69, 9.17) is 16.3 Å². The van der Waals surface area contributed by atoms with Gasteiger partial charge in [0, 0.05) is 18.1 Å². The predicted molar refractivity (Wildman–Crippen MR) is 75.0 cm³/mol. The zero-order chi connectivity index (χ0) is 14.6. The molecular formula is C13H16ClNO4S. The molecule has 110 valence electrons. The van der Waals surface area contributed by atoms with Crippen LogP contribution in [0, 0.1) is 0 Å². The van der Waals surface area contributed by atoms with Crippen LogP contribution in [0.15, 0.2) is 29.2 Å². The van der Waals surface area contributed by atoms with Gasteiger partial charge in [0.15, 0.2) is 0 Å². The van der Waals surface area contributed by atoms with Crippen LogP contribution in [0.25, 0.3) is 0 Å². The fourth-order valence-electron chi connectivity index (χ4n) is 2.06. The Morgan fingerprint density at radius 3 is 2.90 bits per heavy atom. The summed E-state index contributed by atoms with van der Waals surface area (Å²) in [4.78, 5) is 11.7. The van der Waals surface area contributed by atoms with E-state index in [9.17, 15) is 13.2 Å². The number of ether oxygens (including phenoxy) is 1. The Morgan fingerprint density at radius 2 is 2.25 bits per heavy atom. The molecule has 1 aliphatic heterocycles. The van der Waals surface area contributed by atoms with Gasteiger partial charge in [-0.05, 0) is 37.5 Å². The minimum Gasteiger partial charge on any atom is -0.378 e. The zero-order valence-corrected chi connectivity index (χ0v) is 12.4. The molecule has 1 saturated heterocycles. The van der Waals surface area contributed by atoms with Gasteiger partial charge in [0.05, 0.1) is 11.0 Å². The lowest BCUT2D eigenvalue weighted by molar-refractivity contribution is -0.119. The van der Waals surface area contributed by atoms with E-state index in [2.05, 4.69) is 0 Å². The second-order valence-corrected chi connectivity index (χ2v) is 6.78. The van der Waals surface area contributed by atoms with Crippen LogP contribution in [0.3, 0.4) is 0 Å². The second kappa shape index (κ2) is 6.56. The van der Waals surface area contributed by atoms with Gasteiger partial charge < -0.3 is 4.74 Å². The van der Waals surface area contributed by atoms with Gasteiger partial charge in [0.2, 0.25) is 5.91 Å². The first-order valence-corrected chi connectivity index (χ1v) is 8.26. The summed E-state index contributed by atoms with van der Waals surface area (Å²) in [7, 11) is -3.85. The highest BCUT2D eigenvalue weighted by molar-refractivity contribution is 7.90. The van der Waals surface area contributed by atoms with Crippen molar-refractivity contribution in [3.8, 4) is 0 Å². The van der Waals surface area contributed by atoms with Crippen molar-refractivity contribution in [3.63, 3.8) is 0 Å². The first-order chi connectivity index (χ1) is 9.47. The van der Waals surface area contributed by atoms with Crippen LogP contribution in [0.2, 0.25) is 5.02 Å². The smallest absolute Gasteiger partial charge is 0.264 e. The molecule has 1 aromatic carbocycles. The normalized spacial score (nSPS) is 18.9. The van der Waals surface area contributed by atoms with Crippen LogP contribution in [0.4, 0.5) is 0 Å². The molecule has 5 nitrogen and oxygen atoms in total. The van der Waals surface area contributed by atoms with E-state index in [-0.39, 0.29) is 17.4 Å². The van der Waals surface area contributed by atoms with Gasteiger partial charge in [-0.1, -0.05) is 17.7 Å². The Hall–Kier alpha value is -1.11. The molecule has 20 heavy (non-hydrogen) atoms. The van der Waals surface area contributed by atoms with Crippen molar-refractivity contribution in [2.45, 2.75) is 36.7 Å². The molecule has 0 spiro atoms. The van der Waals surface area contributed by atoms with Gasteiger partial charge in [-0.25, -0.2) is 13.1 Å². The van der Waals surface area contributed by atoms with Gasteiger partial charge in [0.25, 0.3) is 10.0 Å². The number of carbonyl (C=O) groups excluding carboxylic acids is 1.